The number of hydrogen-bond acceptors (Lipinski definition) is 5. The van der Waals surface area contributed by atoms with E-state index < -0.39 is 5.54 Å². The van der Waals surface area contributed by atoms with E-state index in [1.54, 1.807) is 37.1 Å². The van der Waals surface area contributed by atoms with Crippen LogP contribution in [0.2, 0.25) is 0 Å². The van der Waals surface area contributed by atoms with Gasteiger partial charge in [0.1, 0.15) is 5.82 Å². The van der Waals surface area contributed by atoms with Crippen LogP contribution >= 0.6 is 0 Å². The van der Waals surface area contributed by atoms with Crippen LogP contribution in [0.15, 0.2) is 18.3 Å². The Kier molecular flexibility index (Phi) is 3.91. The number of nitriles is 1. The molecule has 1 fully saturated rings. The van der Waals surface area contributed by atoms with Gasteiger partial charge in [-0.2, -0.15) is 5.26 Å². The molecule has 0 radical (unpaired) electrons. The fourth-order valence-electron chi connectivity index (χ4n) is 2.21. The summed E-state index contributed by atoms with van der Waals surface area (Å²) in [6, 6.07) is 5.55. The fraction of sp³-hybridized carbons (Fsp3) is 0.500. The monoisotopic (exact) mass is 273 g/mol. The number of anilines is 1. The summed E-state index contributed by atoms with van der Waals surface area (Å²) in [5.74, 6) is 0.749. The average molecular weight is 273 g/mol. The van der Waals surface area contributed by atoms with Crippen molar-refractivity contribution in [1.29, 1.82) is 5.26 Å². The molecule has 1 aromatic heterocycles. The first-order valence-corrected chi connectivity index (χ1v) is 6.61. The van der Waals surface area contributed by atoms with Crippen LogP contribution in [0.4, 0.5) is 5.82 Å². The van der Waals surface area contributed by atoms with Crippen LogP contribution in [0.5, 0.6) is 0 Å². The van der Waals surface area contributed by atoms with E-state index in [4.69, 9.17) is 11.0 Å². The second-order valence-electron chi connectivity index (χ2n) is 5.52. The molecule has 6 heteroatoms. The van der Waals surface area contributed by atoms with Crippen molar-refractivity contribution in [2.75, 3.05) is 31.1 Å². The number of pyridine rings is 1. The van der Waals surface area contributed by atoms with Crippen molar-refractivity contribution in [3.05, 3.63) is 23.9 Å². The molecule has 0 spiro atoms. The molecule has 106 valence electrons. The standard InChI is InChI=1S/C14H19N5O/c1-14(2,16)13(20)19-7-5-18(6-8-19)12-9-11(10-15)3-4-17-12/h3-4,9H,5-8,16H2,1-2H3. The zero-order chi connectivity index (χ0) is 14.8. The van der Waals surface area contributed by atoms with E-state index >= 15 is 0 Å². The third-order valence-electron chi connectivity index (χ3n) is 3.32. The second kappa shape index (κ2) is 5.47. The lowest BCUT2D eigenvalue weighted by Crippen LogP contribution is -2.57. The van der Waals surface area contributed by atoms with Crippen LogP contribution in [-0.2, 0) is 4.79 Å². The Morgan fingerprint density at radius 1 is 1.40 bits per heavy atom. The summed E-state index contributed by atoms with van der Waals surface area (Å²) in [6.07, 6.45) is 1.63. The third kappa shape index (κ3) is 3.06. The molecule has 20 heavy (non-hydrogen) atoms. The Morgan fingerprint density at radius 3 is 2.60 bits per heavy atom. The number of carbonyl (C=O) groups excluding carboxylic acids is 1. The predicted octanol–water partition coefficient (Wildman–Crippen LogP) is 0.339. The molecule has 2 rings (SSSR count). The number of nitrogens with two attached hydrogens (primary N) is 1. The lowest BCUT2D eigenvalue weighted by molar-refractivity contribution is -0.136. The molecule has 0 atom stereocenters. The number of nitrogens with zero attached hydrogens (tertiary/aromatic N) is 4. The molecule has 1 saturated heterocycles. The van der Waals surface area contributed by atoms with Crippen LogP contribution in [-0.4, -0.2) is 47.5 Å². The van der Waals surface area contributed by atoms with Gasteiger partial charge in [-0.05, 0) is 26.0 Å². The minimum Gasteiger partial charge on any atom is -0.353 e. The summed E-state index contributed by atoms with van der Waals surface area (Å²) in [5, 5.41) is 8.90. The van der Waals surface area contributed by atoms with Gasteiger partial charge in [0.25, 0.3) is 0 Å². The van der Waals surface area contributed by atoms with Crippen molar-refractivity contribution < 1.29 is 4.79 Å². The van der Waals surface area contributed by atoms with Crippen molar-refractivity contribution in [3.8, 4) is 6.07 Å². The molecule has 0 aromatic carbocycles. The molecule has 0 saturated carbocycles. The summed E-state index contributed by atoms with van der Waals surface area (Å²) < 4.78 is 0. The molecule has 0 aliphatic carbocycles. The van der Waals surface area contributed by atoms with Crippen molar-refractivity contribution >= 4 is 11.7 Å². The molecule has 6 nitrogen and oxygen atoms in total. The largest absolute Gasteiger partial charge is 0.353 e. The van der Waals surface area contributed by atoms with Crippen LogP contribution in [0, 0.1) is 11.3 Å². The molecular formula is C14H19N5O. The molecule has 0 unspecified atom stereocenters. The number of carbonyl (C=O) groups is 1. The molecule has 1 aromatic rings. The first-order chi connectivity index (χ1) is 9.41. The van der Waals surface area contributed by atoms with Crippen LogP contribution < -0.4 is 10.6 Å². The van der Waals surface area contributed by atoms with Gasteiger partial charge in [0.05, 0.1) is 17.2 Å². The second-order valence-corrected chi connectivity index (χ2v) is 5.52. The molecule has 1 aliphatic heterocycles. The van der Waals surface area contributed by atoms with E-state index in [2.05, 4.69) is 16.0 Å². The molecule has 2 N–H and O–H groups in total. The smallest absolute Gasteiger partial charge is 0.242 e. The van der Waals surface area contributed by atoms with Gasteiger partial charge in [-0.3, -0.25) is 4.79 Å². The minimum atomic E-state index is -0.832. The zero-order valence-corrected chi connectivity index (χ0v) is 11.8. The Bertz CT molecular complexity index is 535. The highest BCUT2D eigenvalue weighted by Crippen LogP contribution is 2.16. The van der Waals surface area contributed by atoms with E-state index in [9.17, 15) is 4.79 Å². The van der Waals surface area contributed by atoms with Crippen molar-refractivity contribution in [2.24, 2.45) is 5.73 Å². The van der Waals surface area contributed by atoms with Crippen molar-refractivity contribution in [3.63, 3.8) is 0 Å². The van der Waals surface area contributed by atoms with Gasteiger partial charge in [0.2, 0.25) is 5.91 Å². The van der Waals surface area contributed by atoms with Gasteiger partial charge in [-0.1, -0.05) is 0 Å². The Morgan fingerprint density at radius 2 is 2.05 bits per heavy atom. The van der Waals surface area contributed by atoms with Gasteiger partial charge >= 0.3 is 0 Å². The third-order valence-corrected chi connectivity index (χ3v) is 3.32. The highest BCUT2D eigenvalue weighted by molar-refractivity contribution is 5.85. The number of amides is 1. The number of hydrogen-bond donors (Lipinski definition) is 1. The summed E-state index contributed by atoms with van der Waals surface area (Å²) in [7, 11) is 0. The lowest BCUT2D eigenvalue weighted by atomic mass is 10.0. The Balaban J connectivity index is 2.01. The maximum absolute atomic E-state index is 12.1. The normalized spacial score (nSPS) is 15.9. The molecule has 0 bridgehead atoms. The number of piperazine rings is 1. The molecule has 1 aliphatic rings. The van der Waals surface area contributed by atoms with Gasteiger partial charge in [0.15, 0.2) is 0 Å². The quantitative estimate of drug-likeness (QED) is 0.839. The topological polar surface area (TPSA) is 86.3 Å². The highest BCUT2D eigenvalue weighted by Gasteiger charge is 2.30. The summed E-state index contributed by atoms with van der Waals surface area (Å²) in [6.45, 7) is 6.09. The van der Waals surface area contributed by atoms with Crippen LogP contribution in [0.3, 0.4) is 0 Å². The summed E-state index contributed by atoms with van der Waals surface area (Å²) in [4.78, 5) is 20.2. The van der Waals surface area contributed by atoms with Crippen LogP contribution in [0.25, 0.3) is 0 Å². The van der Waals surface area contributed by atoms with Gasteiger partial charge < -0.3 is 15.5 Å². The molecular weight excluding hydrogens is 254 g/mol. The average Bonchev–Trinajstić information content (AvgIpc) is 2.46. The van der Waals surface area contributed by atoms with E-state index in [0.29, 0.717) is 31.7 Å². The minimum absolute atomic E-state index is 0.0316. The summed E-state index contributed by atoms with van der Waals surface area (Å²) in [5.41, 5.74) is 5.60. The van der Waals surface area contributed by atoms with Crippen LogP contribution in [0.1, 0.15) is 19.4 Å². The van der Waals surface area contributed by atoms with E-state index in [1.807, 2.05) is 0 Å². The number of aromatic nitrogens is 1. The first kappa shape index (κ1) is 14.3. The Hall–Kier alpha value is -2.13. The summed E-state index contributed by atoms with van der Waals surface area (Å²) >= 11 is 0. The van der Waals surface area contributed by atoms with Gasteiger partial charge in [-0.15, -0.1) is 0 Å². The fourth-order valence-corrected chi connectivity index (χ4v) is 2.21. The maximum Gasteiger partial charge on any atom is 0.242 e. The lowest BCUT2D eigenvalue weighted by Gasteiger charge is -2.38. The van der Waals surface area contributed by atoms with Crippen molar-refractivity contribution in [2.45, 2.75) is 19.4 Å². The van der Waals surface area contributed by atoms with Gasteiger partial charge in [0, 0.05) is 32.4 Å². The molecule has 1 amide bonds. The SMILES string of the molecule is CC(C)(N)C(=O)N1CCN(c2cc(C#N)ccn2)CC1. The van der Waals surface area contributed by atoms with E-state index in [0.717, 1.165) is 5.82 Å². The van der Waals surface area contributed by atoms with E-state index in [1.165, 1.54) is 0 Å². The van der Waals surface area contributed by atoms with Gasteiger partial charge in [-0.25, -0.2) is 4.98 Å². The molecule has 2 heterocycles. The Labute approximate surface area is 118 Å². The predicted molar refractivity (Wildman–Crippen MR) is 76.0 cm³/mol. The zero-order valence-electron chi connectivity index (χ0n) is 11.8. The maximum atomic E-state index is 12.1. The van der Waals surface area contributed by atoms with Crippen molar-refractivity contribution in [1.82, 2.24) is 9.88 Å². The highest BCUT2D eigenvalue weighted by atomic mass is 16.2. The first-order valence-electron chi connectivity index (χ1n) is 6.61. The van der Waals surface area contributed by atoms with E-state index in [-0.39, 0.29) is 5.91 Å². The number of rotatable bonds is 2.